The van der Waals surface area contributed by atoms with Crippen LogP contribution in [0.25, 0.3) is 0 Å². The molecule has 3 N–H and O–H groups in total. The Morgan fingerprint density at radius 2 is 1.69 bits per heavy atom. The third kappa shape index (κ3) is 15.9. The molecule has 2 rings (SSSR count). The van der Waals surface area contributed by atoms with Crippen LogP contribution in [0.4, 0.5) is 4.79 Å². The molecule has 1 saturated heterocycles. The topological polar surface area (TPSA) is 144 Å². The number of benzene rings is 1. The molecule has 1 heterocycles. The van der Waals surface area contributed by atoms with Crippen LogP contribution in [0.2, 0.25) is 0 Å². The number of amides is 2. The van der Waals surface area contributed by atoms with Crippen LogP contribution < -0.4 is 15.4 Å². The van der Waals surface area contributed by atoms with E-state index in [2.05, 4.69) is 29.4 Å². The molecule has 2 amide bonds. The van der Waals surface area contributed by atoms with E-state index < -0.39 is 45.5 Å². The Balaban J connectivity index is 2.18. The number of ether oxygens (including phenoxy) is 3. The van der Waals surface area contributed by atoms with Crippen LogP contribution in [0.5, 0.6) is 5.75 Å². The van der Waals surface area contributed by atoms with Gasteiger partial charge in [0.1, 0.15) is 11.4 Å². The zero-order valence-corrected chi connectivity index (χ0v) is 31.9. The van der Waals surface area contributed by atoms with Gasteiger partial charge in [-0.05, 0) is 87.4 Å². The van der Waals surface area contributed by atoms with E-state index in [1.165, 1.54) is 0 Å². The molecule has 1 aromatic rings. The van der Waals surface area contributed by atoms with Gasteiger partial charge in [0, 0.05) is 31.8 Å². The first-order valence-corrected chi connectivity index (χ1v) is 19.4. The highest BCUT2D eigenvalue weighted by atomic mass is 32.2. The van der Waals surface area contributed by atoms with Gasteiger partial charge in [-0.25, -0.2) is 13.2 Å². The van der Waals surface area contributed by atoms with Gasteiger partial charge in [-0.1, -0.05) is 53.7 Å². The van der Waals surface area contributed by atoms with Crippen molar-refractivity contribution in [2.24, 2.45) is 17.8 Å². The summed E-state index contributed by atoms with van der Waals surface area (Å²) in [7, 11) is -3.35. The van der Waals surface area contributed by atoms with Gasteiger partial charge in [0.05, 0.1) is 25.4 Å². The number of carbonyl (C=O) groups is 2. The third-order valence-corrected chi connectivity index (χ3v) is 9.09. The van der Waals surface area contributed by atoms with Gasteiger partial charge in [0.25, 0.3) is 0 Å². The Morgan fingerprint density at radius 3 is 2.25 bits per heavy atom. The minimum Gasteiger partial charge on any atom is -0.477 e. The quantitative estimate of drug-likeness (QED) is 0.198. The summed E-state index contributed by atoms with van der Waals surface area (Å²) >= 11 is 0. The van der Waals surface area contributed by atoms with Crippen molar-refractivity contribution in [3.8, 4) is 5.75 Å². The molecule has 0 aromatic heterocycles. The van der Waals surface area contributed by atoms with Crippen LogP contribution in [0.15, 0.2) is 18.2 Å². The molecule has 48 heavy (non-hydrogen) atoms. The molecule has 0 spiro atoms. The van der Waals surface area contributed by atoms with Crippen molar-refractivity contribution in [3.63, 3.8) is 0 Å². The lowest BCUT2D eigenvalue weighted by Crippen LogP contribution is -2.48. The van der Waals surface area contributed by atoms with Crippen LogP contribution in [-0.4, -0.2) is 99.8 Å². The molecule has 1 aliphatic rings. The summed E-state index contributed by atoms with van der Waals surface area (Å²) in [6.07, 6.45) is 1.57. The predicted octanol–water partition coefficient (Wildman–Crippen LogP) is 4.69. The number of sulfone groups is 1. The first-order chi connectivity index (χ1) is 22.1. The monoisotopic (exact) mass is 697 g/mol. The smallest absolute Gasteiger partial charge is 0.407 e. The zero-order chi connectivity index (χ0) is 36.3. The third-order valence-electron chi connectivity index (χ3n) is 8.54. The molecular weight excluding hydrogens is 634 g/mol. The molecule has 12 heteroatoms. The van der Waals surface area contributed by atoms with Crippen LogP contribution in [0.3, 0.4) is 0 Å². The van der Waals surface area contributed by atoms with Gasteiger partial charge >= 0.3 is 6.09 Å². The summed E-state index contributed by atoms with van der Waals surface area (Å²) in [6.45, 7) is 22.2. The fourth-order valence-corrected chi connectivity index (χ4v) is 6.08. The van der Waals surface area contributed by atoms with E-state index in [4.69, 9.17) is 14.2 Å². The summed E-state index contributed by atoms with van der Waals surface area (Å²) in [5, 5.41) is 17.4. The number of morpholine rings is 1. The van der Waals surface area contributed by atoms with Crippen molar-refractivity contribution in [1.82, 2.24) is 15.5 Å². The summed E-state index contributed by atoms with van der Waals surface area (Å²) in [5.74, 6) is -0.291. The van der Waals surface area contributed by atoms with Gasteiger partial charge < -0.3 is 30.0 Å². The minimum atomic E-state index is -3.35. The Kier molecular flexibility index (Phi) is 16.1. The van der Waals surface area contributed by atoms with E-state index in [0.717, 1.165) is 56.7 Å². The molecule has 0 saturated carbocycles. The average molecular weight is 698 g/mol. The second-order valence-corrected chi connectivity index (χ2v) is 17.9. The maximum Gasteiger partial charge on any atom is 0.407 e. The van der Waals surface area contributed by atoms with Gasteiger partial charge in [-0.2, -0.15) is 0 Å². The van der Waals surface area contributed by atoms with Crippen molar-refractivity contribution < 1.29 is 37.3 Å². The number of rotatable bonds is 17. The number of nitrogens with zero attached hydrogens (tertiary/aromatic N) is 1. The van der Waals surface area contributed by atoms with Crippen molar-refractivity contribution in [2.75, 3.05) is 51.6 Å². The molecule has 276 valence electrons. The maximum absolute atomic E-state index is 13.0. The Labute approximate surface area is 289 Å². The van der Waals surface area contributed by atoms with E-state index in [1.54, 1.807) is 27.7 Å². The van der Waals surface area contributed by atoms with Crippen LogP contribution >= 0.6 is 0 Å². The lowest BCUT2D eigenvalue weighted by molar-refractivity contribution is -0.125. The van der Waals surface area contributed by atoms with Gasteiger partial charge in [0.15, 0.2) is 15.8 Å². The lowest BCUT2D eigenvalue weighted by atomic mass is 9.80. The Hall–Kier alpha value is -2.41. The van der Waals surface area contributed by atoms with E-state index in [-0.39, 0.29) is 29.6 Å². The SMILES string of the molecule is CC(C)[C@@H](Cc1ccc(C(C)(C)C)c(OCS(C)(=O)=O)c1)C[C@H](NC(=O)OC(C)(C)C)[C@@H](O)C[C@@H](C)C(=O)NCCCN1CCOCC1. The minimum absolute atomic E-state index is 0.0205. The molecule has 1 aliphatic heterocycles. The molecule has 0 radical (unpaired) electrons. The number of aliphatic hydroxyl groups is 1. The molecule has 4 atom stereocenters. The van der Waals surface area contributed by atoms with Gasteiger partial charge in [0.2, 0.25) is 5.91 Å². The predicted molar refractivity (Wildman–Crippen MR) is 190 cm³/mol. The highest BCUT2D eigenvalue weighted by molar-refractivity contribution is 7.90. The maximum atomic E-state index is 13.0. The number of hydrogen-bond acceptors (Lipinski definition) is 9. The van der Waals surface area contributed by atoms with Crippen molar-refractivity contribution in [3.05, 3.63) is 29.3 Å². The van der Waals surface area contributed by atoms with E-state index in [1.807, 2.05) is 39.0 Å². The standard InChI is InChI=1S/C36H63N3O8S/c1-25(2)28(21-27-12-13-29(35(4,5)6)32(22-27)46-24-48(10,43)44)23-30(38-34(42)47-36(7,8)9)31(40)20-26(3)33(41)37-14-11-15-39-16-18-45-19-17-39/h12-13,22,25-26,28,30-31,40H,11,14-21,23-24H2,1-10H3,(H,37,41)(H,38,42)/t26-,28+,30+,31+/m1/s1. The second-order valence-electron chi connectivity index (χ2n) is 15.8. The van der Waals surface area contributed by atoms with Gasteiger partial charge in [-0.15, -0.1) is 0 Å². The summed E-state index contributed by atoms with van der Waals surface area (Å²) in [6, 6.07) is 5.25. The highest BCUT2D eigenvalue weighted by Crippen LogP contribution is 2.34. The van der Waals surface area contributed by atoms with E-state index >= 15 is 0 Å². The second kappa shape index (κ2) is 18.5. The van der Waals surface area contributed by atoms with E-state index in [9.17, 15) is 23.1 Å². The molecule has 0 unspecified atom stereocenters. The summed E-state index contributed by atoms with van der Waals surface area (Å²) < 4.78 is 40.5. The number of carbonyl (C=O) groups excluding carboxylic acids is 2. The number of alkyl carbamates (subject to hydrolysis) is 1. The van der Waals surface area contributed by atoms with Crippen LogP contribution in [-0.2, 0) is 35.9 Å². The molecule has 0 aliphatic carbocycles. The molecule has 0 bridgehead atoms. The Morgan fingerprint density at radius 1 is 1.04 bits per heavy atom. The van der Waals surface area contributed by atoms with Crippen molar-refractivity contribution >= 4 is 21.8 Å². The summed E-state index contributed by atoms with van der Waals surface area (Å²) in [5.41, 5.74) is 0.883. The molecular formula is C36H63N3O8S. The molecule has 1 aromatic carbocycles. The highest BCUT2D eigenvalue weighted by Gasteiger charge is 2.31. The average Bonchev–Trinajstić information content (AvgIpc) is 2.95. The number of nitrogens with one attached hydrogen (secondary N) is 2. The van der Waals surface area contributed by atoms with Crippen LogP contribution in [0, 0.1) is 17.8 Å². The fourth-order valence-electron chi connectivity index (χ4n) is 5.74. The Bertz CT molecular complexity index is 1270. The molecule has 1 fully saturated rings. The van der Waals surface area contributed by atoms with Crippen molar-refractivity contribution in [1.29, 1.82) is 0 Å². The first-order valence-electron chi connectivity index (χ1n) is 17.3. The van der Waals surface area contributed by atoms with Crippen molar-refractivity contribution in [2.45, 2.75) is 111 Å². The largest absolute Gasteiger partial charge is 0.477 e. The first kappa shape index (κ1) is 41.8. The van der Waals surface area contributed by atoms with Crippen LogP contribution in [0.1, 0.15) is 92.7 Å². The molecule has 11 nitrogen and oxygen atoms in total. The fraction of sp³-hybridized carbons (Fsp3) is 0.778. The normalized spacial score (nSPS) is 17.3. The van der Waals surface area contributed by atoms with E-state index in [0.29, 0.717) is 25.1 Å². The number of hydrogen-bond donors (Lipinski definition) is 3. The number of aliphatic hydroxyl groups excluding tert-OH is 1. The zero-order valence-electron chi connectivity index (χ0n) is 31.1. The van der Waals surface area contributed by atoms with Gasteiger partial charge in [-0.3, -0.25) is 9.69 Å². The summed E-state index contributed by atoms with van der Waals surface area (Å²) in [4.78, 5) is 28.2. The lowest BCUT2D eigenvalue weighted by Gasteiger charge is -2.32.